The van der Waals surface area contributed by atoms with Gasteiger partial charge in [0.05, 0.1) is 0 Å². The Morgan fingerprint density at radius 1 is 0.239 bits per heavy atom. The minimum Gasteiger partial charge on any atom is -0.478 e. The minimum absolute atomic E-state index is 0.653. The summed E-state index contributed by atoms with van der Waals surface area (Å²) < 4.78 is 5.87. The zero-order valence-electron chi connectivity index (χ0n) is 62.3. The summed E-state index contributed by atoms with van der Waals surface area (Å²) >= 11 is 0. The zero-order valence-corrected chi connectivity index (χ0v) is 62.3. The second-order valence-electron chi connectivity index (χ2n) is 26.4. The van der Waals surface area contributed by atoms with E-state index < -0.39 is 29.8 Å². The first-order valence-electron chi connectivity index (χ1n) is 36.4. The van der Waals surface area contributed by atoms with Gasteiger partial charge in [-0.15, -0.1) is 0 Å². The van der Waals surface area contributed by atoms with Gasteiger partial charge in [0, 0.05) is 35.9 Å². The Labute approximate surface area is 655 Å². The number of furan rings is 1. The predicted octanol–water partition coefficient (Wildman–Crippen LogP) is 25.5. The maximum Gasteiger partial charge on any atom is 0.328 e. The van der Waals surface area contributed by atoms with Crippen LogP contribution in [0, 0.1) is 0 Å². The topological polar surface area (TPSA) is 200 Å². The quantitative estimate of drug-likeness (QED) is 0.0404. The fourth-order valence-corrected chi connectivity index (χ4v) is 12.8. The minimum atomic E-state index is -0.956. The predicted molar refractivity (Wildman–Crippen MR) is 464 cm³/mol. The molecule has 11 heteroatoms. The van der Waals surface area contributed by atoms with E-state index in [1.807, 2.05) is 170 Å². The van der Waals surface area contributed by atoms with E-state index in [2.05, 4.69) is 170 Å². The van der Waals surface area contributed by atoms with Gasteiger partial charge < -0.3 is 29.9 Å². The number of hydrogen-bond acceptors (Lipinski definition) is 6. The van der Waals surface area contributed by atoms with Crippen LogP contribution < -0.4 is 0 Å². The lowest BCUT2D eigenvalue weighted by molar-refractivity contribution is -0.132. The van der Waals surface area contributed by atoms with E-state index in [-0.39, 0.29) is 0 Å². The van der Waals surface area contributed by atoms with Gasteiger partial charge in [0.1, 0.15) is 11.5 Å². The molecular weight excluding hydrogens is 1400 g/mol. The molecule has 0 amide bonds. The van der Waals surface area contributed by atoms with E-state index >= 15 is 0 Å². The number of carbonyl (C=O) groups is 5. The van der Waals surface area contributed by atoms with Crippen molar-refractivity contribution < 1.29 is 53.9 Å². The third-order valence-electron chi connectivity index (χ3n) is 18.2. The van der Waals surface area contributed by atoms with Crippen LogP contribution in [0.25, 0.3) is 140 Å². The van der Waals surface area contributed by atoms with Crippen molar-refractivity contribution in [1.29, 1.82) is 0 Å². The molecule has 0 aliphatic heterocycles. The van der Waals surface area contributed by atoms with E-state index in [9.17, 15) is 24.0 Å². The van der Waals surface area contributed by atoms with E-state index in [1.54, 1.807) is 51.2 Å². The van der Waals surface area contributed by atoms with Crippen molar-refractivity contribution in [1.82, 2.24) is 0 Å². The van der Waals surface area contributed by atoms with Crippen molar-refractivity contribution in [2.24, 2.45) is 0 Å². The van der Waals surface area contributed by atoms with Gasteiger partial charge in [-0.05, 0) is 201 Å². The van der Waals surface area contributed by atoms with Crippen molar-refractivity contribution in [3.8, 4) is 55.8 Å². The van der Waals surface area contributed by atoms with Crippen molar-refractivity contribution in [2.45, 2.75) is 20.8 Å². The molecule has 0 aliphatic carbocycles. The summed E-state index contributed by atoms with van der Waals surface area (Å²) in [5, 5.41) is 55.6. The van der Waals surface area contributed by atoms with Crippen LogP contribution in [0.2, 0.25) is 0 Å². The van der Waals surface area contributed by atoms with E-state index in [0.717, 1.165) is 79.4 Å². The molecule has 113 heavy (non-hydrogen) atoms. The number of carboxylic acid groups (broad SMARTS) is 5. The lowest BCUT2D eigenvalue weighted by atomic mass is 9.97. The van der Waals surface area contributed by atoms with Crippen LogP contribution in [0.4, 0.5) is 0 Å². The molecular formula is C102H80O11. The number of allylic oxidation sites excluding steroid dienone is 6. The highest BCUT2D eigenvalue weighted by Crippen LogP contribution is 2.35. The number of aliphatic carboxylic acids is 5. The molecule has 0 unspecified atom stereocenters. The van der Waals surface area contributed by atoms with Gasteiger partial charge in [0.25, 0.3) is 0 Å². The Morgan fingerprint density at radius 2 is 0.513 bits per heavy atom. The van der Waals surface area contributed by atoms with Crippen LogP contribution in [-0.2, 0) is 24.0 Å². The number of benzene rings is 14. The van der Waals surface area contributed by atoms with Crippen molar-refractivity contribution in [3.05, 3.63) is 415 Å². The Balaban J connectivity index is 0.000000140. The summed E-state index contributed by atoms with van der Waals surface area (Å²) in [6.07, 6.45) is 20.0. The molecule has 0 radical (unpaired) electrons. The fraction of sp³-hybridized carbons (Fsp3) is 0.0294. The van der Waals surface area contributed by atoms with Crippen LogP contribution in [0.5, 0.6) is 0 Å². The highest BCUT2D eigenvalue weighted by molar-refractivity contribution is 6.01. The van der Waals surface area contributed by atoms with Gasteiger partial charge in [-0.1, -0.05) is 328 Å². The normalized spacial score (nSPS) is 11.7. The number of rotatable bonds is 18. The first-order chi connectivity index (χ1) is 54.9. The van der Waals surface area contributed by atoms with Gasteiger partial charge in [0.2, 0.25) is 0 Å². The van der Waals surface area contributed by atoms with Crippen molar-refractivity contribution in [3.63, 3.8) is 0 Å². The molecule has 554 valence electrons. The van der Waals surface area contributed by atoms with Crippen LogP contribution >= 0.6 is 0 Å². The average molecular weight is 1480 g/mol. The lowest BCUT2D eigenvalue weighted by Gasteiger charge is -2.07. The summed E-state index contributed by atoms with van der Waals surface area (Å²) in [4.78, 5) is 53.0. The first-order valence-corrected chi connectivity index (χ1v) is 36.4. The summed E-state index contributed by atoms with van der Waals surface area (Å²) in [5.41, 5.74) is 16.2. The van der Waals surface area contributed by atoms with E-state index in [1.165, 1.54) is 82.9 Å². The second-order valence-corrected chi connectivity index (χ2v) is 26.4. The number of hydrogen-bond donors (Lipinski definition) is 5. The molecule has 0 bridgehead atoms. The molecule has 14 aromatic carbocycles. The molecule has 0 aliphatic rings. The Hall–Kier alpha value is -15.1. The van der Waals surface area contributed by atoms with Gasteiger partial charge >= 0.3 is 29.8 Å². The molecule has 0 fully saturated rings. The highest BCUT2D eigenvalue weighted by Gasteiger charge is 2.11. The fourth-order valence-electron chi connectivity index (χ4n) is 12.8. The van der Waals surface area contributed by atoms with Crippen molar-refractivity contribution >= 4 is 114 Å². The first kappa shape index (κ1) is 79.0. The number of carboxylic acids is 5. The molecule has 0 saturated carbocycles. The van der Waals surface area contributed by atoms with Crippen LogP contribution in [0.1, 0.15) is 48.8 Å². The SMILES string of the molecule is CC(/C=C/c1ccc(-c2cccc3ccccc23)cc1)=C\C(=O)O.CC(/C=C/c1ccc(-c2cccc3ccccc23)o1)=C\C(=O)O.CC(/C=C/c1cccc(-c2cccc3ccccc23)c1)=C\C(=O)O.O=C(O)/C=C/c1ccc(-c2cccc3ccccc23)cc1.O=C(O)/C=C/c1cccc(-c2cccc3ccccc23)c1. The largest absolute Gasteiger partial charge is 0.478 e. The van der Waals surface area contributed by atoms with Gasteiger partial charge in [-0.25, -0.2) is 24.0 Å². The molecule has 5 N–H and O–H groups in total. The van der Waals surface area contributed by atoms with Crippen LogP contribution in [0.3, 0.4) is 0 Å². The molecule has 15 aromatic rings. The monoisotopic (exact) mass is 1480 g/mol. The molecule has 1 heterocycles. The van der Waals surface area contributed by atoms with E-state index in [0.29, 0.717) is 22.5 Å². The zero-order chi connectivity index (χ0) is 79.4. The van der Waals surface area contributed by atoms with E-state index in [4.69, 9.17) is 29.9 Å². The maximum atomic E-state index is 10.7. The van der Waals surface area contributed by atoms with Crippen LogP contribution in [0.15, 0.2) is 391 Å². The average Bonchev–Trinajstić information content (AvgIpc) is 1.66. The Morgan fingerprint density at radius 3 is 0.858 bits per heavy atom. The molecule has 0 spiro atoms. The Bertz CT molecular complexity index is 6170. The lowest BCUT2D eigenvalue weighted by Crippen LogP contribution is -1.87. The molecule has 1 aromatic heterocycles. The second kappa shape index (κ2) is 39.2. The molecule has 0 atom stereocenters. The number of fused-ring (bicyclic) bond motifs is 5. The third kappa shape index (κ3) is 22.8. The maximum absolute atomic E-state index is 10.7. The standard InChI is InChI=1S/2C22H18O2.C20H16O3.2C19H14O2/c1-16(14-22(23)24)12-13-17-6-4-9-19(15-17)21-11-5-8-18-7-2-3-10-20(18)21;1-16(15-22(23)24)9-10-17-11-13-19(14-12-17)21-8-4-6-18-5-2-3-7-20(18)21;1-14(13-20(21)22)9-10-16-11-12-19(23-16)18-8-4-6-15-5-2-3-7-17(15)18;20-19(21)12-11-14-5-3-8-16(13-14)18-10-4-7-15-6-1-2-9-17(15)18;20-19(21)13-10-14-8-11-16(12-9-14)18-7-3-5-15-4-1-2-6-17(15)18/h2*2-15H,1H3,(H,23,24);2-13H,1H3,(H,21,22);2*1-13H,(H,20,21)/b13-12+,16-14+;10-9+,16-15+;10-9+,14-13+;12-11+;13-10+. The highest BCUT2D eigenvalue weighted by atomic mass is 16.4. The van der Waals surface area contributed by atoms with Gasteiger partial charge in [0.15, 0.2) is 0 Å². The summed E-state index contributed by atoms with van der Waals surface area (Å²) in [7, 11) is 0. The third-order valence-corrected chi connectivity index (χ3v) is 18.2. The smallest absolute Gasteiger partial charge is 0.328 e. The summed E-state index contributed by atoms with van der Waals surface area (Å²) in [5.74, 6) is -3.21. The van der Waals surface area contributed by atoms with Crippen molar-refractivity contribution in [2.75, 3.05) is 0 Å². The summed E-state index contributed by atoms with van der Waals surface area (Å²) in [6, 6.07) is 109. The van der Waals surface area contributed by atoms with Gasteiger partial charge in [-0.3, -0.25) is 0 Å². The molecule has 15 rings (SSSR count). The Kier molecular flexibility index (Phi) is 27.4. The summed E-state index contributed by atoms with van der Waals surface area (Å²) in [6.45, 7) is 5.29. The van der Waals surface area contributed by atoms with Crippen LogP contribution in [-0.4, -0.2) is 55.4 Å². The van der Waals surface area contributed by atoms with Gasteiger partial charge in [-0.2, -0.15) is 0 Å². The molecule has 11 nitrogen and oxygen atoms in total. The molecule has 0 saturated heterocycles.